The van der Waals surface area contributed by atoms with Gasteiger partial charge in [-0.3, -0.25) is 0 Å². The molecule has 0 saturated heterocycles. The van der Waals surface area contributed by atoms with Crippen molar-refractivity contribution in [2.75, 3.05) is 14.2 Å². The summed E-state index contributed by atoms with van der Waals surface area (Å²) >= 11 is 0. The molecule has 104 valence electrons. The van der Waals surface area contributed by atoms with Crippen molar-refractivity contribution in [3.63, 3.8) is 0 Å². The lowest BCUT2D eigenvalue weighted by Gasteiger charge is -2.01. The second-order valence-electron chi connectivity index (χ2n) is 3.89. The van der Waals surface area contributed by atoms with Crippen molar-refractivity contribution in [2.45, 2.75) is 0 Å². The van der Waals surface area contributed by atoms with Gasteiger partial charge in [-0.25, -0.2) is 0 Å². The quantitative estimate of drug-likeness (QED) is 0.801. The summed E-state index contributed by atoms with van der Waals surface area (Å²) in [4.78, 5) is 0. The molecule has 0 amide bonds. The topological polar surface area (TPSA) is 18.5 Å². The molecule has 2 aromatic carbocycles. The molecule has 0 heterocycles. The number of ether oxygens (including phenoxy) is 2. The number of hydrogen-bond acceptors (Lipinski definition) is 2. The first kappa shape index (κ1) is 15.6. The van der Waals surface area contributed by atoms with Gasteiger partial charge in [-0.1, -0.05) is 61.7 Å². The highest BCUT2D eigenvalue weighted by Crippen LogP contribution is 2.18. The summed E-state index contributed by atoms with van der Waals surface area (Å²) in [5.41, 5.74) is 2.06. The molecule has 0 fully saturated rings. The maximum absolute atomic E-state index is 5.06. The minimum Gasteiger partial charge on any atom is -0.496 e. The summed E-state index contributed by atoms with van der Waals surface area (Å²) in [5.74, 6) is 1.75. The average molecular weight is 268 g/mol. The van der Waals surface area contributed by atoms with Gasteiger partial charge in [0.15, 0.2) is 0 Å². The van der Waals surface area contributed by atoms with Crippen molar-refractivity contribution in [3.05, 3.63) is 72.8 Å². The van der Waals surface area contributed by atoms with Crippen molar-refractivity contribution in [1.29, 1.82) is 0 Å². The molecular formula is C18H20O2. The molecular weight excluding hydrogens is 248 g/mol. The van der Waals surface area contributed by atoms with E-state index >= 15 is 0 Å². The van der Waals surface area contributed by atoms with E-state index in [1.54, 1.807) is 26.4 Å². The molecule has 0 atom stereocenters. The Kier molecular flexibility index (Phi) is 6.69. The Bertz CT molecular complexity index is 507. The molecule has 2 heteroatoms. The summed E-state index contributed by atoms with van der Waals surface area (Å²) in [6.45, 7) is 7.32. The van der Waals surface area contributed by atoms with E-state index in [1.807, 2.05) is 48.5 Å². The van der Waals surface area contributed by atoms with Crippen LogP contribution in [0.15, 0.2) is 61.7 Å². The highest BCUT2D eigenvalue weighted by Gasteiger charge is 1.94. The minimum atomic E-state index is 0.873. The third kappa shape index (κ3) is 4.32. The zero-order chi connectivity index (χ0) is 14.8. The number of benzene rings is 2. The normalized spacial score (nSPS) is 8.90. The maximum atomic E-state index is 5.06. The molecule has 20 heavy (non-hydrogen) atoms. The predicted octanol–water partition coefficient (Wildman–Crippen LogP) is 4.68. The molecule has 0 radical (unpaired) electrons. The van der Waals surface area contributed by atoms with Crippen molar-refractivity contribution in [1.82, 2.24) is 0 Å². The Balaban J connectivity index is 0.000000200. The standard InChI is InChI=1S/2C9H10O/c2*1-3-8-6-4-5-7-9(8)10-2/h2*3-7H,1H2,2H3. The fourth-order valence-corrected chi connectivity index (χ4v) is 1.67. The van der Waals surface area contributed by atoms with E-state index in [0.717, 1.165) is 22.6 Å². The van der Waals surface area contributed by atoms with Gasteiger partial charge in [-0.2, -0.15) is 0 Å². The summed E-state index contributed by atoms with van der Waals surface area (Å²) in [6.07, 6.45) is 3.55. The van der Waals surface area contributed by atoms with Crippen LogP contribution in [0, 0.1) is 0 Å². The molecule has 0 aliphatic heterocycles. The minimum absolute atomic E-state index is 0.873. The number of para-hydroxylation sites is 2. The van der Waals surface area contributed by atoms with Crippen LogP contribution in [0.3, 0.4) is 0 Å². The Labute approximate surface area is 121 Å². The third-order valence-electron chi connectivity index (χ3n) is 2.72. The van der Waals surface area contributed by atoms with Gasteiger partial charge in [-0.15, -0.1) is 0 Å². The molecule has 0 aliphatic carbocycles. The molecule has 0 N–H and O–H groups in total. The van der Waals surface area contributed by atoms with Crippen LogP contribution in [0.25, 0.3) is 12.2 Å². The fraction of sp³-hybridized carbons (Fsp3) is 0.111. The Hall–Kier alpha value is -2.48. The first-order chi connectivity index (χ1) is 9.76. The lowest BCUT2D eigenvalue weighted by atomic mass is 10.2. The predicted molar refractivity (Wildman–Crippen MR) is 86.2 cm³/mol. The second-order valence-corrected chi connectivity index (χ2v) is 3.89. The number of methoxy groups -OCH3 is 2. The van der Waals surface area contributed by atoms with Crippen LogP contribution in [-0.4, -0.2) is 14.2 Å². The Morgan fingerprint density at radius 2 is 1.05 bits per heavy atom. The van der Waals surface area contributed by atoms with Gasteiger partial charge >= 0.3 is 0 Å². The summed E-state index contributed by atoms with van der Waals surface area (Å²) in [5, 5.41) is 0. The Morgan fingerprint density at radius 3 is 1.30 bits per heavy atom. The van der Waals surface area contributed by atoms with Gasteiger partial charge in [0.1, 0.15) is 11.5 Å². The highest BCUT2D eigenvalue weighted by molar-refractivity contribution is 5.55. The first-order valence-electron chi connectivity index (χ1n) is 6.27. The van der Waals surface area contributed by atoms with Gasteiger partial charge in [0, 0.05) is 11.1 Å². The number of hydrogen-bond donors (Lipinski definition) is 0. The fourth-order valence-electron chi connectivity index (χ4n) is 1.67. The van der Waals surface area contributed by atoms with Gasteiger partial charge in [0.05, 0.1) is 14.2 Å². The smallest absolute Gasteiger partial charge is 0.126 e. The molecule has 0 unspecified atom stereocenters. The lowest BCUT2D eigenvalue weighted by molar-refractivity contribution is 0.414. The van der Waals surface area contributed by atoms with E-state index in [2.05, 4.69) is 13.2 Å². The van der Waals surface area contributed by atoms with Gasteiger partial charge in [0.2, 0.25) is 0 Å². The van der Waals surface area contributed by atoms with Gasteiger partial charge in [-0.05, 0) is 12.1 Å². The molecule has 2 rings (SSSR count). The third-order valence-corrected chi connectivity index (χ3v) is 2.72. The lowest BCUT2D eigenvalue weighted by Crippen LogP contribution is -1.84. The van der Waals surface area contributed by atoms with Crippen LogP contribution in [0.1, 0.15) is 11.1 Å². The largest absolute Gasteiger partial charge is 0.496 e. The molecule has 0 aromatic heterocycles. The SMILES string of the molecule is C=Cc1ccccc1OC.C=Cc1ccccc1OC. The zero-order valence-corrected chi connectivity index (χ0v) is 12.0. The first-order valence-corrected chi connectivity index (χ1v) is 6.27. The maximum Gasteiger partial charge on any atom is 0.126 e. The molecule has 2 aromatic rings. The van der Waals surface area contributed by atoms with Gasteiger partial charge in [0.25, 0.3) is 0 Å². The summed E-state index contributed by atoms with van der Waals surface area (Å²) < 4.78 is 10.1. The van der Waals surface area contributed by atoms with Crippen molar-refractivity contribution in [2.24, 2.45) is 0 Å². The van der Waals surface area contributed by atoms with Crippen LogP contribution >= 0.6 is 0 Å². The molecule has 0 spiro atoms. The summed E-state index contributed by atoms with van der Waals surface area (Å²) in [7, 11) is 3.31. The molecule has 2 nitrogen and oxygen atoms in total. The zero-order valence-electron chi connectivity index (χ0n) is 12.0. The van der Waals surface area contributed by atoms with E-state index in [-0.39, 0.29) is 0 Å². The van der Waals surface area contributed by atoms with Crippen LogP contribution < -0.4 is 9.47 Å². The van der Waals surface area contributed by atoms with E-state index in [9.17, 15) is 0 Å². The van der Waals surface area contributed by atoms with Crippen LogP contribution in [-0.2, 0) is 0 Å². The molecule has 0 aliphatic rings. The van der Waals surface area contributed by atoms with Crippen LogP contribution in [0.2, 0.25) is 0 Å². The number of rotatable bonds is 4. The molecule has 0 saturated carbocycles. The highest BCUT2D eigenvalue weighted by atomic mass is 16.5. The second kappa shape index (κ2) is 8.59. The average Bonchev–Trinajstić information content (AvgIpc) is 2.55. The van der Waals surface area contributed by atoms with Crippen molar-refractivity contribution < 1.29 is 9.47 Å². The van der Waals surface area contributed by atoms with Crippen molar-refractivity contribution >= 4 is 12.2 Å². The van der Waals surface area contributed by atoms with Crippen LogP contribution in [0.4, 0.5) is 0 Å². The summed E-state index contributed by atoms with van der Waals surface area (Å²) in [6, 6.07) is 15.5. The van der Waals surface area contributed by atoms with E-state index in [1.165, 1.54) is 0 Å². The van der Waals surface area contributed by atoms with E-state index in [0.29, 0.717) is 0 Å². The van der Waals surface area contributed by atoms with Gasteiger partial charge < -0.3 is 9.47 Å². The van der Waals surface area contributed by atoms with Crippen molar-refractivity contribution in [3.8, 4) is 11.5 Å². The Morgan fingerprint density at radius 1 is 0.700 bits per heavy atom. The van der Waals surface area contributed by atoms with E-state index in [4.69, 9.17) is 9.47 Å². The van der Waals surface area contributed by atoms with Crippen LogP contribution in [0.5, 0.6) is 11.5 Å². The van der Waals surface area contributed by atoms with E-state index < -0.39 is 0 Å². The monoisotopic (exact) mass is 268 g/mol. The molecule has 0 bridgehead atoms.